The fourth-order valence-corrected chi connectivity index (χ4v) is 1.97. The van der Waals surface area contributed by atoms with E-state index in [9.17, 15) is 4.79 Å². The molecule has 100 valence electrons. The van der Waals surface area contributed by atoms with E-state index in [4.69, 9.17) is 4.74 Å². The van der Waals surface area contributed by atoms with Crippen LogP contribution in [-0.2, 0) is 11.3 Å². The standard InChI is InChI=1S/C13H18N2O2.ClH/c1-14-12-7-8-15(9-12)13(16)17-10-11-5-3-2-4-6-11;/h2-6,12,14H,7-10H2,1H3;1H/t12-;/m1./s1. The van der Waals surface area contributed by atoms with Crippen molar-refractivity contribution in [2.75, 3.05) is 20.1 Å². The zero-order valence-corrected chi connectivity index (χ0v) is 11.3. The number of ether oxygens (including phenoxy) is 1. The zero-order chi connectivity index (χ0) is 12.1. The SMILES string of the molecule is CN[C@@H]1CCN(C(=O)OCc2ccccc2)C1.Cl. The Kier molecular flexibility index (Phi) is 5.95. The molecule has 1 N–H and O–H groups in total. The van der Waals surface area contributed by atoms with E-state index in [0.717, 1.165) is 25.1 Å². The Balaban J connectivity index is 0.00000162. The van der Waals surface area contributed by atoms with Crippen LogP contribution in [0.5, 0.6) is 0 Å². The lowest BCUT2D eigenvalue weighted by Crippen LogP contribution is -2.33. The van der Waals surface area contributed by atoms with Crippen LogP contribution in [0.4, 0.5) is 4.79 Å². The Morgan fingerprint density at radius 2 is 2.17 bits per heavy atom. The first-order chi connectivity index (χ1) is 8.29. The van der Waals surface area contributed by atoms with Crippen LogP contribution < -0.4 is 5.32 Å². The summed E-state index contributed by atoms with van der Waals surface area (Å²) < 4.78 is 5.26. The van der Waals surface area contributed by atoms with Crippen LogP contribution in [0.25, 0.3) is 0 Å². The van der Waals surface area contributed by atoms with Crippen LogP contribution in [0.2, 0.25) is 0 Å². The van der Waals surface area contributed by atoms with E-state index in [1.807, 2.05) is 37.4 Å². The van der Waals surface area contributed by atoms with Gasteiger partial charge < -0.3 is 15.0 Å². The molecule has 0 aromatic heterocycles. The number of hydrogen-bond acceptors (Lipinski definition) is 3. The molecule has 1 saturated heterocycles. The Bertz CT molecular complexity index is 373. The summed E-state index contributed by atoms with van der Waals surface area (Å²) in [5.74, 6) is 0. The second-order valence-electron chi connectivity index (χ2n) is 4.26. The van der Waals surface area contributed by atoms with Gasteiger partial charge in [0.05, 0.1) is 0 Å². The molecular formula is C13H19ClN2O2. The van der Waals surface area contributed by atoms with E-state index >= 15 is 0 Å². The predicted octanol–water partition coefficient (Wildman–Crippen LogP) is 2.04. The number of halogens is 1. The van der Waals surface area contributed by atoms with E-state index in [-0.39, 0.29) is 18.5 Å². The van der Waals surface area contributed by atoms with Gasteiger partial charge in [0.2, 0.25) is 0 Å². The predicted molar refractivity (Wildman–Crippen MR) is 72.9 cm³/mol. The molecule has 0 radical (unpaired) electrons. The Labute approximate surface area is 114 Å². The van der Waals surface area contributed by atoms with Crippen molar-refractivity contribution in [3.8, 4) is 0 Å². The van der Waals surface area contributed by atoms with E-state index in [2.05, 4.69) is 5.32 Å². The van der Waals surface area contributed by atoms with Crippen molar-refractivity contribution in [1.82, 2.24) is 10.2 Å². The van der Waals surface area contributed by atoms with Crippen molar-refractivity contribution >= 4 is 18.5 Å². The van der Waals surface area contributed by atoms with Gasteiger partial charge in [-0.1, -0.05) is 30.3 Å². The fourth-order valence-electron chi connectivity index (χ4n) is 1.97. The van der Waals surface area contributed by atoms with Gasteiger partial charge in [-0.2, -0.15) is 0 Å². The maximum absolute atomic E-state index is 11.8. The average Bonchev–Trinajstić information content (AvgIpc) is 2.86. The van der Waals surface area contributed by atoms with Gasteiger partial charge in [-0.05, 0) is 19.0 Å². The van der Waals surface area contributed by atoms with E-state index in [1.54, 1.807) is 4.90 Å². The number of hydrogen-bond donors (Lipinski definition) is 1. The molecule has 2 rings (SSSR count). The number of likely N-dealkylation sites (N-methyl/N-ethyl adjacent to an activating group) is 1. The summed E-state index contributed by atoms with van der Waals surface area (Å²) in [6.45, 7) is 1.86. The molecule has 0 spiro atoms. The Hall–Kier alpha value is -1.26. The summed E-state index contributed by atoms with van der Waals surface area (Å²) in [5, 5.41) is 3.17. The summed E-state index contributed by atoms with van der Waals surface area (Å²) in [4.78, 5) is 13.5. The highest BCUT2D eigenvalue weighted by atomic mass is 35.5. The van der Waals surface area contributed by atoms with Crippen LogP contribution in [0.3, 0.4) is 0 Å². The highest BCUT2D eigenvalue weighted by molar-refractivity contribution is 5.85. The van der Waals surface area contributed by atoms with Crippen molar-refractivity contribution in [2.45, 2.75) is 19.1 Å². The molecule has 18 heavy (non-hydrogen) atoms. The molecular weight excluding hydrogens is 252 g/mol. The highest BCUT2D eigenvalue weighted by Crippen LogP contribution is 2.11. The molecule has 1 fully saturated rings. The van der Waals surface area contributed by atoms with Crippen molar-refractivity contribution in [2.24, 2.45) is 0 Å². The zero-order valence-electron chi connectivity index (χ0n) is 10.5. The van der Waals surface area contributed by atoms with E-state index in [0.29, 0.717) is 12.6 Å². The van der Waals surface area contributed by atoms with E-state index < -0.39 is 0 Å². The monoisotopic (exact) mass is 270 g/mol. The van der Waals surface area contributed by atoms with Gasteiger partial charge in [0.15, 0.2) is 0 Å². The summed E-state index contributed by atoms with van der Waals surface area (Å²) in [6.07, 6.45) is 0.781. The number of likely N-dealkylation sites (tertiary alicyclic amines) is 1. The van der Waals surface area contributed by atoms with Gasteiger partial charge in [-0.3, -0.25) is 0 Å². The minimum atomic E-state index is -0.216. The maximum atomic E-state index is 11.8. The number of carbonyl (C=O) groups excluding carboxylic acids is 1. The summed E-state index contributed by atoms with van der Waals surface area (Å²) in [7, 11) is 1.92. The summed E-state index contributed by atoms with van der Waals surface area (Å²) >= 11 is 0. The first-order valence-corrected chi connectivity index (χ1v) is 5.92. The third kappa shape index (κ3) is 3.89. The second kappa shape index (κ2) is 7.24. The lowest BCUT2D eigenvalue weighted by molar-refractivity contribution is 0.103. The van der Waals surface area contributed by atoms with Gasteiger partial charge >= 0.3 is 6.09 Å². The molecule has 1 aliphatic heterocycles. The molecule has 0 bridgehead atoms. The molecule has 1 aromatic carbocycles. The minimum absolute atomic E-state index is 0. The lowest BCUT2D eigenvalue weighted by Gasteiger charge is -2.16. The number of benzene rings is 1. The minimum Gasteiger partial charge on any atom is -0.445 e. The third-order valence-corrected chi connectivity index (χ3v) is 3.06. The van der Waals surface area contributed by atoms with Gasteiger partial charge in [0.1, 0.15) is 6.61 Å². The second-order valence-corrected chi connectivity index (χ2v) is 4.26. The summed E-state index contributed by atoms with van der Waals surface area (Å²) in [5.41, 5.74) is 1.02. The maximum Gasteiger partial charge on any atom is 0.410 e. The molecule has 1 aliphatic rings. The van der Waals surface area contributed by atoms with Crippen LogP contribution in [-0.4, -0.2) is 37.2 Å². The smallest absolute Gasteiger partial charge is 0.410 e. The molecule has 0 saturated carbocycles. The van der Waals surface area contributed by atoms with Crippen LogP contribution >= 0.6 is 12.4 Å². The third-order valence-electron chi connectivity index (χ3n) is 3.06. The molecule has 0 unspecified atom stereocenters. The topological polar surface area (TPSA) is 41.6 Å². The summed E-state index contributed by atoms with van der Waals surface area (Å²) in [6, 6.07) is 10.1. The van der Waals surface area contributed by atoms with Gasteiger partial charge in [0, 0.05) is 19.1 Å². The van der Waals surface area contributed by atoms with Crippen LogP contribution in [0, 0.1) is 0 Å². The van der Waals surface area contributed by atoms with Crippen molar-refractivity contribution in [3.63, 3.8) is 0 Å². The fraction of sp³-hybridized carbons (Fsp3) is 0.462. The molecule has 5 heteroatoms. The Morgan fingerprint density at radius 1 is 1.44 bits per heavy atom. The molecule has 1 heterocycles. The van der Waals surface area contributed by atoms with Gasteiger partial charge in [0.25, 0.3) is 0 Å². The highest BCUT2D eigenvalue weighted by Gasteiger charge is 2.25. The van der Waals surface area contributed by atoms with Crippen molar-refractivity contribution in [3.05, 3.63) is 35.9 Å². The first-order valence-electron chi connectivity index (χ1n) is 5.92. The van der Waals surface area contributed by atoms with Crippen molar-refractivity contribution < 1.29 is 9.53 Å². The number of carbonyl (C=O) groups is 1. The number of nitrogens with one attached hydrogen (secondary N) is 1. The largest absolute Gasteiger partial charge is 0.445 e. The first kappa shape index (κ1) is 14.8. The lowest BCUT2D eigenvalue weighted by atomic mass is 10.2. The average molecular weight is 271 g/mol. The van der Waals surface area contributed by atoms with E-state index in [1.165, 1.54) is 0 Å². The van der Waals surface area contributed by atoms with Crippen LogP contribution in [0.15, 0.2) is 30.3 Å². The van der Waals surface area contributed by atoms with Crippen molar-refractivity contribution in [1.29, 1.82) is 0 Å². The normalized spacial score (nSPS) is 18.3. The molecule has 1 amide bonds. The van der Waals surface area contributed by atoms with Gasteiger partial charge in [-0.25, -0.2) is 4.79 Å². The quantitative estimate of drug-likeness (QED) is 0.914. The van der Waals surface area contributed by atoms with Crippen LogP contribution in [0.1, 0.15) is 12.0 Å². The number of amides is 1. The molecule has 1 aromatic rings. The molecule has 1 atom stereocenters. The molecule has 4 nitrogen and oxygen atoms in total. The number of rotatable bonds is 3. The Morgan fingerprint density at radius 3 is 2.78 bits per heavy atom. The van der Waals surface area contributed by atoms with Gasteiger partial charge in [-0.15, -0.1) is 12.4 Å². The number of nitrogens with zero attached hydrogens (tertiary/aromatic N) is 1. The molecule has 0 aliphatic carbocycles.